The Morgan fingerprint density at radius 3 is 2.66 bits per heavy atom. The third-order valence-corrected chi connectivity index (χ3v) is 7.50. The Kier molecular flexibility index (Phi) is 7.51. The first-order valence-corrected chi connectivity index (χ1v) is 12.6. The molecule has 2 fully saturated rings. The summed E-state index contributed by atoms with van der Waals surface area (Å²) in [6.45, 7) is 8.12. The highest BCUT2D eigenvalue weighted by Gasteiger charge is 2.41. The van der Waals surface area contributed by atoms with Crippen LogP contribution in [0.4, 0.5) is 10.1 Å². The predicted molar refractivity (Wildman–Crippen MR) is 133 cm³/mol. The number of amides is 1. The second-order valence-corrected chi connectivity index (χ2v) is 9.67. The summed E-state index contributed by atoms with van der Waals surface area (Å²) in [6.07, 6.45) is 0.717. The molecule has 0 aromatic heterocycles. The number of anilines is 1. The molecule has 0 unspecified atom stereocenters. The Morgan fingerprint density at radius 1 is 1.09 bits per heavy atom. The summed E-state index contributed by atoms with van der Waals surface area (Å²) in [5.74, 6) is 0.616. The number of fused-ring (bicyclic) bond motifs is 3. The minimum absolute atomic E-state index is 0.0761. The summed E-state index contributed by atoms with van der Waals surface area (Å²) in [7, 11) is 1.69. The van der Waals surface area contributed by atoms with Crippen molar-refractivity contribution >= 4 is 11.6 Å². The topological polar surface area (TPSA) is 57.3 Å². The van der Waals surface area contributed by atoms with E-state index in [1.54, 1.807) is 7.11 Å². The SMILES string of the molecule is COc1ccc2c(c1)N1CCN(Cc3ccc(F)cc3)C[C@H]1[C@@H](C(=O)NCCN1CCOCC1)C2. The van der Waals surface area contributed by atoms with Crippen LogP contribution in [0.5, 0.6) is 5.75 Å². The first-order chi connectivity index (χ1) is 17.1. The van der Waals surface area contributed by atoms with Gasteiger partial charge in [0.1, 0.15) is 11.6 Å². The standard InChI is InChI=1S/C27H35FN4O3/c1-34-23-7-4-21-16-24(27(33)29-8-9-30-12-14-35-15-13-30)26-19-31(10-11-32(26)25(21)17-23)18-20-2-5-22(28)6-3-20/h2-7,17,24,26H,8-16,18-19H2,1H3,(H,29,33)/t24-,26-/m0/s1. The molecule has 0 spiro atoms. The van der Waals surface area contributed by atoms with Crippen molar-refractivity contribution in [1.29, 1.82) is 0 Å². The first kappa shape index (κ1) is 24.0. The first-order valence-electron chi connectivity index (χ1n) is 12.6. The molecular weight excluding hydrogens is 447 g/mol. The molecule has 3 aliphatic heterocycles. The Morgan fingerprint density at radius 2 is 1.89 bits per heavy atom. The van der Waals surface area contributed by atoms with Gasteiger partial charge in [-0.05, 0) is 35.7 Å². The number of piperazine rings is 1. The summed E-state index contributed by atoms with van der Waals surface area (Å²) in [4.78, 5) is 20.6. The zero-order valence-corrected chi connectivity index (χ0v) is 20.4. The normalized spacial score (nSPS) is 22.9. The average molecular weight is 483 g/mol. The van der Waals surface area contributed by atoms with Crippen molar-refractivity contribution in [3.8, 4) is 5.75 Å². The van der Waals surface area contributed by atoms with Crippen molar-refractivity contribution in [2.45, 2.75) is 19.0 Å². The van der Waals surface area contributed by atoms with Crippen molar-refractivity contribution in [3.63, 3.8) is 0 Å². The third-order valence-electron chi connectivity index (χ3n) is 7.50. The molecule has 8 heteroatoms. The highest BCUT2D eigenvalue weighted by atomic mass is 19.1. The number of morpholine rings is 1. The third kappa shape index (κ3) is 5.60. The molecular formula is C27H35FN4O3. The Balaban J connectivity index is 1.30. The lowest BCUT2D eigenvalue weighted by Gasteiger charge is -2.49. The Bertz CT molecular complexity index is 1010. The smallest absolute Gasteiger partial charge is 0.225 e. The maximum Gasteiger partial charge on any atom is 0.225 e. The minimum atomic E-state index is -0.217. The van der Waals surface area contributed by atoms with Crippen LogP contribution < -0.4 is 15.0 Å². The second-order valence-electron chi connectivity index (χ2n) is 9.67. The van der Waals surface area contributed by atoms with Gasteiger partial charge in [-0.2, -0.15) is 0 Å². The Labute approximate surface area is 206 Å². The number of hydrogen-bond acceptors (Lipinski definition) is 6. The number of nitrogens with one attached hydrogen (secondary N) is 1. The molecule has 188 valence electrons. The zero-order valence-electron chi connectivity index (χ0n) is 20.4. The quantitative estimate of drug-likeness (QED) is 0.653. The fourth-order valence-electron chi connectivity index (χ4n) is 5.55. The highest BCUT2D eigenvalue weighted by Crippen LogP contribution is 2.38. The van der Waals surface area contributed by atoms with E-state index in [0.29, 0.717) is 13.0 Å². The van der Waals surface area contributed by atoms with Gasteiger partial charge in [0, 0.05) is 64.1 Å². The van der Waals surface area contributed by atoms with Crippen molar-refractivity contribution in [3.05, 3.63) is 59.4 Å². The number of carbonyl (C=O) groups is 1. The van der Waals surface area contributed by atoms with Crippen LogP contribution in [-0.2, 0) is 22.5 Å². The number of halogens is 1. The molecule has 2 atom stereocenters. The highest BCUT2D eigenvalue weighted by molar-refractivity contribution is 5.82. The molecule has 3 aliphatic rings. The molecule has 0 saturated carbocycles. The second kappa shape index (κ2) is 10.9. The van der Waals surface area contributed by atoms with E-state index < -0.39 is 0 Å². The van der Waals surface area contributed by atoms with Gasteiger partial charge in [0.15, 0.2) is 0 Å². The Hall–Kier alpha value is -2.68. The summed E-state index contributed by atoms with van der Waals surface area (Å²) in [6, 6.07) is 13.0. The number of benzene rings is 2. The van der Waals surface area contributed by atoms with Crippen LogP contribution in [0.15, 0.2) is 42.5 Å². The van der Waals surface area contributed by atoms with Crippen molar-refractivity contribution in [2.75, 3.05) is 71.0 Å². The van der Waals surface area contributed by atoms with Gasteiger partial charge >= 0.3 is 0 Å². The summed E-state index contributed by atoms with van der Waals surface area (Å²) >= 11 is 0. The van der Waals surface area contributed by atoms with Crippen molar-refractivity contribution < 1.29 is 18.7 Å². The molecule has 3 heterocycles. The van der Waals surface area contributed by atoms with Crippen molar-refractivity contribution in [1.82, 2.24) is 15.1 Å². The zero-order chi connectivity index (χ0) is 24.2. The maximum atomic E-state index is 13.5. The lowest BCUT2D eigenvalue weighted by Crippen LogP contribution is -2.61. The summed E-state index contributed by atoms with van der Waals surface area (Å²) < 4.78 is 24.3. The molecule has 0 bridgehead atoms. The van der Waals surface area contributed by atoms with Crippen LogP contribution in [0.2, 0.25) is 0 Å². The fourth-order valence-corrected chi connectivity index (χ4v) is 5.55. The van der Waals surface area contributed by atoms with Crippen LogP contribution in [-0.4, -0.2) is 87.9 Å². The van der Waals surface area contributed by atoms with E-state index in [2.05, 4.69) is 32.1 Å². The van der Waals surface area contributed by atoms with E-state index in [4.69, 9.17) is 9.47 Å². The van der Waals surface area contributed by atoms with E-state index in [9.17, 15) is 9.18 Å². The van der Waals surface area contributed by atoms with Gasteiger partial charge < -0.3 is 19.7 Å². The number of carbonyl (C=O) groups excluding carboxylic acids is 1. The van der Waals surface area contributed by atoms with Gasteiger partial charge in [-0.15, -0.1) is 0 Å². The number of methoxy groups -OCH3 is 1. The number of hydrogen-bond donors (Lipinski definition) is 1. The van der Waals surface area contributed by atoms with Crippen LogP contribution in [0.3, 0.4) is 0 Å². The molecule has 2 aromatic carbocycles. The van der Waals surface area contributed by atoms with E-state index >= 15 is 0 Å². The van der Waals surface area contributed by atoms with E-state index in [0.717, 1.165) is 70.3 Å². The van der Waals surface area contributed by atoms with Crippen LogP contribution in [0.25, 0.3) is 0 Å². The average Bonchev–Trinajstić information content (AvgIpc) is 2.89. The fraction of sp³-hybridized carbons (Fsp3) is 0.519. The molecule has 0 radical (unpaired) electrons. The van der Waals surface area contributed by atoms with Crippen LogP contribution >= 0.6 is 0 Å². The van der Waals surface area contributed by atoms with Gasteiger partial charge in [0.2, 0.25) is 5.91 Å². The number of rotatable bonds is 7. The van der Waals surface area contributed by atoms with Crippen LogP contribution in [0, 0.1) is 11.7 Å². The summed E-state index contributed by atoms with van der Waals surface area (Å²) in [5, 5.41) is 3.22. The van der Waals surface area contributed by atoms with Crippen molar-refractivity contribution in [2.24, 2.45) is 5.92 Å². The number of nitrogens with zero attached hydrogens (tertiary/aromatic N) is 3. The largest absolute Gasteiger partial charge is 0.497 e. The van der Waals surface area contributed by atoms with Gasteiger partial charge in [-0.3, -0.25) is 14.6 Å². The van der Waals surface area contributed by atoms with E-state index in [-0.39, 0.29) is 23.7 Å². The van der Waals surface area contributed by atoms with Gasteiger partial charge in [0.25, 0.3) is 0 Å². The van der Waals surface area contributed by atoms with Crippen LogP contribution in [0.1, 0.15) is 11.1 Å². The molecule has 7 nitrogen and oxygen atoms in total. The number of ether oxygens (including phenoxy) is 2. The van der Waals surface area contributed by atoms with Gasteiger partial charge in [-0.1, -0.05) is 18.2 Å². The molecule has 0 aliphatic carbocycles. The van der Waals surface area contributed by atoms with E-state index in [1.807, 2.05) is 18.2 Å². The lowest BCUT2D eigenvalue weighted by molar-refractivity contribution is -0.126. The summed E-state index contributed by atoms with van der Waals surface area (Å²) in [5.41, 5.74) is 3.46. The molecule has 1 amide bonds. The molecule has 1 N–H and O–H groups in total. The maximum absolute atomic E-state index is 13.5. The monoisotopic (exact) mass is 482 g/mol. The molecule has 2 saturated heterocycles. The van der Waals surface area contributed by atoms with E-state index in [1.165, 1.54) is 23.4 Å². The lowest BCUT2D eigenvalue weighted by atomic mass is 9.83. The van der Waals surface area contributed by atoms with Gasteiger partial charge in [0.05, 0.1) is 32.3 Å². The molecule has 5 rings (SSSR count). The minimum Gasteiger partial charge on any atom is -0.497 e. The predicted octanol–water partition coefficient (Wildman–Crippen LogP) is 2.15. The molecule has 2 aromatic rings. The van der Waals surface area contributed by atoms with Gasteiger partial charge in [-0.25, -0.2) is 4.39 Å². The molecule has 35 heavy (non-hydrogen) atoms.